The highest BCUT2D eigenvalue weighted by Gasteiger charge is 2.17. The van der Waals surface area contributed by atoms with Crippen LogP contribution >= 0.6 is 15.9 Å². The monoisotopic (exact) mass is 517 g/mol. The van der Waals surface area contributed by atoms with Crippen molar-refractivity contribution < 1.29 is 23.4 Å². The lowest BCUT2D eigenvalue weighted by Crippen LogP contribution is -2.28. The van der Waals surface area contributed by atoms with Crippen molar-refractivity contribution in [2.24, 2.45) is 0 Å². The molecule has 33 heavy (non-hydrogen) atoms. The molecular weight excluding hydrogens is 504 g/mol. The van der Waals surface area contributed by atoms with Gasteiger partial charge in [-0.15, -0.1) is 0 Å². The molecule has 2 heterocycles. The van der Waals surface area contributed by atoms with E-state index in [-0.39, 0.29) is 17.7 Å². The molecule has 0 aliphatic rings. The van der Waals surface area contributed by atoms with Crippen LogP contribution in [0.5, 0.6) is 5.75 Å². The number of hydrogen-bond donors (Lipinski definition) is 2. The van der Waals surface area contributed by atoms with Crippen LogP contribution in [0.4, 0.5) is 8.78 Å². The maximum Gasteiger partial charge on any atom is 0.325 e. The summed E-state index contributed by atoms with van der Waals surface area (Å²) in [5, 5.41) is 23.5. The van der Waals surface area contributed by atoms with Crippen molar-refractivity contribution in [3.05, 3.63) is 62.2 Å². The highest BCUT2D eigenvalue weighted by atomic mass is 79.9. The van der Waals surface area contributed by atoms with Gasteiger partial charge in [0.05, 0.1) is 34.1 Å². The SMILES string of the molecule is N#Cc1cc2[nH]c(Cc3nn(CC(=O)O)c(=O)c4ccc(Br)cc34)nc2cc1OCC(F)F. The van der Waals surface area contributed by atoms with Crippen molar-refractivity contribution in [1.29, 1.82) is 5.26 Å². The lowest BCUT2D eigenvalue weighted by molar-refractivity contribution is -0.138. The largest absolute Gasteiger partial charge is 0.486 e. The molecule has 0 bridgehead atoms. The molecule has 9 nitrogen and oxygen atoms in total. The Bertz CT molecular complexity index is 1490. The Hall–Kier alpha value is -3.85. The molecular formula is C21H14BrF2N5O4. The number of aromatic amines is 1. The quantitative estimate of drug-likeness (QED) is 0.384. The molecule has 0 aliphatic heterocycles. The summed E-state index contributed by atoms with van der Waals surface area (Å²) >= 11 is 3.36. The number of aliphatic carboxylic acids is 1. The Kier molecular flexibility index (Phi) is 6.06. The predicted octanol–water partition coefficient (Wildman–Crippen LogP) is 3.23. The first-order chi connectivity index (χ1) is 15.7. The van der Waals surface area contributed by atoms with Gasteiger partial charge in [-0.05, 0) is 24.3 Å². The van der Waals surface area contributed by atoms with Crippen molar-refractivity contribution in [3.63, 3.8) is 0 Å². The number of aromatic nitrogens is 4. The molecule has 0 spiro atoms. The molecule has 0 aliphatic carbocycles. The summed E-state index contributed by atoms with van der Waals surface area (Å²) < 4.78 is 31.6. The van der Waals surface area contributed by atoms with Crippen molar-refractivity contribution in [1.82, 2.24) is 19.7 Å². The van der Waals surface area contributed by atoms with Crippen LogP contribution in [0.3, 0.4) is 0 Å². The second-order valence-corrected chi connectivity index (χ2v) is 7.95. The number of imidazole rings is 1. The third kappa shape index (κ3) is 4.68. The summed E-state index contributed by atoms with van der Waals surface area (Å²) in [7, 11) is 0. The van der Waals surface area contributed by atoms with Crippen molar-refractivity contribution in [2.75, 3.05) is 6.61 Å². The van der Waals surface area contributed by atoms with Gasteiger partial charge in [-0.3, -0.25) is 9.59 Å². The number of halogens is 3. The van der Waals surface area contributed by atoms with Crippen molar-refractivity contribution >= 4 is 43.7 Å². The van der Waals surface area contributed by atoms with Crippen LogP contribution in [0.25, 0.3) is 21.8 Å². The van der Waals surface area contributed by atoms with Gasteiger partial charge in [0.2, 0.25) is 0 Å². The Morgan fingerprint density at radius 1 is 1.30 bits per heavy atom. The van der Waals surface area contributed by atoms with Crippen LogP contribution in [0, 0.1) is 11.3 Å². The second kappa shape index (κ2) is 8.95. The molecule has 0 radical (unpaired) electrons. The first-order valence-corrected chi connectivity index (χ1v) is 10.3. The Morgan fingerprint density at radius 2 is 2.09 bits per heavy atom. The minimum atomic E-state index is -2.69. The Labute approximate surface area is 192 Å². The van der Waals surface area contributed by atoms with Crippen LogP contribution in [-0.2, 0) is 17.8 Å². The molecule has 2 aromatic heterocycles. The van der Waals surface area contributed by atoms with Crippen LogP contribution in [0.15, 0.2) is 39.6 Å². The summed E-state index contributed by atoms with van der Waals surface area (Å²) in [6.45, 7) is -1.46. The van der Waals surface area contributed by atoms with Gasteiger partial charge < -0.3 is 14.8 Å². The topological polar surface area (TPSA) is 134 Å². The zero-order chi connectivity index (χ0) is 23.7. The number of carboxylic acids is 1. The summed E-state index contributed by atoms with van der Waals surface area (Å²) in [6.07, 6.45) is -2.58. The molecule has 0 saturated carbocycles. The normalized spacial score (nSPS) is 11.2. The van der Waals surface area contributed by atoms with Gasteiger partial charge in [0.25, 0.3) is 12.0 Å². The molecule has 168 valence electrons. The number of alkyl halides is 2. The minimum Gasteiger partial charge on any atom is -0.486 e. The first kappa shape index (κ1) is 22.3. The summed E-state index contributed by atoms with van der Waals surface area (Å²) in [5.41, 5.74) is 0.808. The van der Waals surface area contributed by atoms with Crippen LogP contribution in [0.1, 0.15) is 17.1 Å². The lowest BCUT2D eigenvalue weighted by Gasteiger charge is -2.09. The number of benzene rings is 2. The number of carbonyl (C=O) groups is 1. The van der Waals surface area contributed by atoms with Crippen LogP contribution in [0.2, 0.25) is 0 Å². The van der Waals surface area contributed by atoms with E-state index in [0.29, 0.717) is 37.8 Å². The molecule has 2 N–H and O–H groups in total. The first-order valence-electron chi connectivity index (χ1n) is 9.50. The zero-order valence-corrected chi connectivity index (χ0v) is 18.3. The second-order valence-electron chi connectivity index (χ2n) is 7.03. The minimum absolute atomic E-state index is 0.00846. The molecule has 12 heteroatoms. The van der Waals surface area contributed by atoms with Crippen molar-refractivity contribution in [3.8, 4) is 11.8 Å². The number of ether oxygens (including phenoxy) is 1. The Balaban J connectivity index is 1.79. The molecule has 4 aromatic rings. The number of nitrogens with zero attached hydrogens (tertiary/aromatic N) is 4. The number of rotatable bonds is 7. The zero-order valence-electron chi connectivity index (χ0n) is 16.7. The molecule has 0 saturated heterocycles. The van der Waals surface area contributed by atoms with E-state index in [1.54, 1.807) is 18.2 Å². The third-order valence-electron chi connectivity index (χ3n) is 4.74. The Morgan fingerprint density at radius 3 is 2.79 bits per heavy atom. The van der Waals surface area contributed by atoms with E-state index in [4.69, 9.17) is 9.84 Å². The van der Waals surface area contributed by atoms with Gasteiger partial charge in [0, 0.05) is 15.9 Å². The summed E-state index contributed by atoms with van der Waals surface area (Å²) in [4.78, 5) is 31.3. The molecule has 0 atom stereocenters. The van der Waals surface area contributed by atoms with Crippen LogP contribution < -0.4 is 10.3 Å². The fourth-order valence-corrected chi connectivity index (χ4v) is 3.75. The maximum atomic E-state index is 12.6. The van der Waals surface area contributed by atoms with E-state index in [9.17, 15) is 23.6 Å². The van der Waals surface area contributed by atoms with E-state index in [2.05, 4.69) is 31.0 Å². The van der Waals surface area contributed by atoms with E-state index in [0.717, 1.165) is 4.68 Å². The number of carboxylic acid groups (broad SMARTS) is 1. The fraction of sp³-hybridized carbons (Fsp3) is 0.190. The van der Waals surface area contributed by atoms with E-state index < -0.39 is 31.1 Å². The summed E-state index contributed by atoms with van der Waals surface area (Å²) in [5.74, 6) is -0.809. The number of hydrogen-bond acceptors (Lipinski definition) is 6. The molecule has 4 rings (SSSR count). The van der Waals surface area contributed by atoms with E-state index in [1.165, 1.54) is 12.1 Å². The number of nitriles is 1. The molecule has 2 aromatic carbocycles. The molecule has 0 amide bonds. The highest BCUT2D eigenvalue weighted by Crippen LogP contribution is 2.26. The molecule has 0 unspecified atom stereocenters. The predicted molar refractivity (Wildman–Crippen MR) is 116 cm³/mol. The van der Waals surface area contributed by atoms with Gasteiger partial charge >= 0.3 is 5.97 Å². The number of H-pyrrole nitrogens is 1. The smallest absolute Gasteiger partial charge is 0.325 e. The van der Waals surface area contributed by atoms with E-state index in [1.807, 2.05) is 6.07 Å². The number of nitrogens with one attached hydrogen (secondary N) is 1. The maximum absolute atomic E-state index is 12.6. The fourth-order valence-electron chi connectivity index (χ4n) is 3.38. The van der Waals surface area contributed by atoms with Gasteiger partial charge in [-0.2, -0.15) is 10.4 Å². The van der Waals surface area contributed by atoms with E-state index >= 15 is 0 Å². The highest BCUT2D eigenvalue weighted by molar-refractivity contribution is 9.10. The number of fused-ring (bicyclic) bond motifs is 2. The van der Waals surface area contributed by atoms with Gasteiger partial charge in [0.1, 0.15) is 30.8 Å². The summed E-state index contributed by atoms with van der Waals surface area (Å²) in [6, 6.07) is 9.70. The average Bonchev–Trinajstić information content (AvgIpc) is 3.15. The lowest BCUT2D eigenvalue weighted by atomic mass is 10.1. The van der Waals surface area contributed by atoms with Gasteiger partial charge in [-0.1, -0.05) is 15.9 Å². The van der Waals surface area contributed by atoms with Gasteiger partial charge in [-0.25, -0.2) is 18.4 Å². The molecule has 0 fully saturated rings. The standard InChI is InChI=1S/C21H14BrF2N5O4/c22-11-1-2-12-13(4-11)14(28-29(21(12)32)8-20(30)31)6-19-26-15-3-10(7-25)17(5-16(15)27-19)33-9-18(23)24/h1-5,18H,6,8-9H2,(H,26,27)(H,30,31). The van der Waals surface area contributed by atoms with Crippen LogP contribution in [-0.4, -0.2) is 43.9 Å². The third-order valence-corrected chi connectivity index (χ3v) is 5.23. The average molecular weight is 518 g/mol. The van der Waals surface area contributed by atoms with Gasteiger partial charge in [0.15, 0.2) is 0 Å². The van der Waals surface area contributed by atoms with Crippen molar-refractivity contribution in [2.45, 2.75) is 19.4 Å².